The van der Waals surface area contributed by atoms with Crippen molar-refractivity contribution in [1.82, 2.24) is 5.32 Å². The van der Waals surface area contributed by atoms with Crippen molar-refractivity contribution in [2.24, 2.45) is 0 Å². The minimum Gasteiger partial charge on any atom is -0.454 e. The highest BCUT2D eigenvalue weighted by Gasteiger charge is 2.39. The van der Waals surface area contributed by atoms with E-state index in [1.54, 1.807) is 12.1 Å². The van der Waals surface area contributed by atoms with Gasteiger partial charge in [-0.25, -0.2) is 4.90 Å². The zero-order chi connectivity index (χ0) is 17.4. The van der Waals surface area contributed by atoms with Crippen LogP contribution >= 0.6 is 22.6 Å². The third-order valence-corrected chi connectivity index (χ3v) is 4.94. The fraction of sp³-hybridized carbons (Fsp3) is 0.222. The minimum absolute atomic E-state index is 0.162. The van der Waals surface area contributed by atoms with E-state index in [1.807, 2.05) is 30.3 Å². The molecule has 0 radical (unpaired) electrons. The highest BCUT2D eigenvalue weighted by molar-refractivity contribution is 14.1. The number of rotatable bonds is 4. The lowest BCUT2D eigenvalue weighted by Gasteiger charge is -2.15. The second-order valence-electron chi connectivity index (χ2n) is 5.87. The first-order chi connectivity index (χ1) is 12.1. The maximum absolute atomic E-state index is 12.6. The van der Waals surface area contributed by atoms with Gasteiger partial charge in [0.25, 0.3) is 5.91 Å². The average molecular weight is 450 g/mol. The van der Waals surface area contributed by atoms with Crippen LogP contribution in [0.5, 0.6) is 11.5 Å². The van der Waals surface area contributed by atoms with Gasteiger partial charge in [0, 0.05) is 10.1 Å². The third-order valence-electron chi connectivity index (χ3n) is 4.22. The number of anilines is 1. The largest absolute Gasteiger partial charge is 0.454 e. The summed E-state index contributed by atoms with van der Waals surface area (Å²) in [4.78, 5) is 26.1. The highest BCUT2D eigenvalue weighted by atomic mass is 127. The number of ether oxygens (including phenoxy) is 2. The maximum atomic E-state index is 12.6. The van der Waals surface area contributed by atoms with Gasteiger partial charge >= 0.3 is 0 Å². The van der Waals surface area contributed by atoms with Gasteiger partial charge in [-0.3, -0.25) is 9.59 Å². The summed E-state index contributed by atoms with van der Waals surface area (Å²) in [6, 6.07) is 12.5. The molecule has 6 nitrogen and oxygen atoms in total. The zero-order valence-corrected chi connectivity index (χ0v) is 15.4. The molecule has 1 unspecified atom stereocenters. The molecule has 2 aliphatic rings. The lowest BCUT2D eigenvalue weighted by molar-refractivity contribution is -0.121. The van der Waals surface area contributed by atoms with Gasteiger partial charge in [0.1, 0.15) is 0 Å². The number of hydrogen-bond acceptors (Lipinski definition) is 5. The Morgan fingerprint density at radius 1 is 1.08 bits per heavy atom. The first-order valence-corrected chi connectivity index (χ1v) is 8.94. The molecule has 2 aromatic rings. The summed E-state index contributed by atoms with van der Waals surface area (Å²) in [5.41, 5.74) is 1.58. The first-order valence-electron chi connectivity index (χ1n) is 7.86. The fourth-order valence-corrected chi connectivity index (χ4v) is 3.30. The molecular formula is C18H15IN2O4. The van der Waals surface area contributed by atoms with Crippen molar-refractivity contribution in [2.75, 3.05) is 11.7 Å². The van der Waals surface area contributed by atoms with Gasteiger partial charge in [-0.05, 0) is 64.6 Å². The van der Waals surface area contributed by atoms with E-state index in [0.29, 0.717) is 18.0 Å². The number of halogens is 1. The van der Waals surface area contributed by atoms with Crippen molar-refractivity contribution < 1.29 is 19.1 Å². The molecule has 7 heteroatoms. The molecule has 128 valence electrons. The summed E-state index contributed by atoms with van der Waals surface area (Å²) >= 11 is 2.19. The number of nitrogens with zero attached hydrogens (tertiary/aromatic N) is 1. The lowest BCUT2D eigenvalue weighted by Crippen LogP contribution is -2.38. The number of fused-ring (bicyclic) bond motifs is 1. The van der Waals surface area contributed by atoms with Crippen LogP contribution in [-0.4, -0.2) is 24.6 Å². The Morgan fingerprint density at radius 3 is 2.64 bits per heavy atom. The molecule has 2 aromatic carbocycles. The molecule has 1 fully saturated rings. The van der Waals surface area contributed by atoms with Crippen LogP contribution in [-0.2, 0) is 16.1 Å². The number of hydrogen-bond donors (Lipinski definition) is 1. The summed E-state index contributed by atoms with van der Waals surface area (Å²) < 4.78 is 11.7. The van der Waals surface area contributed by atoms with Crippen molar-refractivity contribution in [1.29, 1.82) is 0 Å². The van der Waals surface area contributed by atoms with E-state index in [9.17, 15) is 9.59 Å². The van der Waals surface area contributed by atoms with E-state index in [1.165, 1.54) is 4.90 Å². The SMILES string of the molecule is O=C1CC(NCc2ccc3c(c2)OCO3)C(=O)N1c1ccc(I)cc1. The molecule has 2 amide bonds. The van der Waals surface area contributed by atoms with Gasteiger partial charge in [0.05, 0.1) is 18.2 Å². The number of carbonyl (C=O) groups excluding carboxylic acids is 2. The predicted octanol–water partition coefficient (Wildman–Crippen LogP) is 2.44. The van der Waals surface area contributed by atoms with Crippen LogP contribution in [0, 0.1) is 3.57 Å². The van der Waals surface area contributed by atoms with E-state index in [-0.39, 0.29) is 25.0 Å². The van der Waals surface area contributed by atoms with E-state index < -0.39 is 6.04 Å². The smallest absolute Gasteiger partial charge is 0.251 e. The first kappa shape index (κ1) is 16.3. The molecule has 1 atom stereocenters. The third kappa shape index (κ3) is 3.21. The number of benzene rings is 2. The molecular weight excluding hydrogens is 435 g/mol. The van der Waals surface area contributed by atoms with Crippen LogP contribution in [0.3, 0.4) is 0 Å². The van der Waals surface area contributed by atoms with Crippen molar-refractivity contribution >= 4 is 40.1 Å². The van der Waals surface area contributed by atoms with Gasteiger partial charge in [0.2, 0.25) is 12.7 Å². The molecule has 0 aliphatic carbocycles. The van der Waals surface area contributed by atoms with Gasteiger partial charge in [-0.15, -0.1) is 0 Å². The fourth-order valence-electron chi connectivity index (χ4n) is 2.94. The standard InChI is InChI=1S/C18H15IN2O4/c19-12-2-4-13(5-3-12)21-17(22)8-14(18(21)23)20-9-11-1-6-15-16(7-11)25-10-24-15/h1-7,14,20H,8-10H2. The van der Waals surface area contributed by atoms with Crippen LogP contribution in [0.25, 0.3) is 0 Å². The quantitative estimate of drug-likeness (QED) is 0.573. The van der Waals surface area contributed by atoms with E-state index in [0.717, 1.165) is 14.9 Å². The van der Waals surface area contributed by atoms with Crippen LogP contribution in [0.15, 0.2) is 42.5 Å². The van der Waals surface area contributed by atoms with Gasteiger partial charge in [-0.2, -0.15) is 0 Å². The van der Waals surface area contributed by atoms with Crippen LogP contribution in [0.1, 0.15) is 12.0 Å². The summed E-state index contributed by atoms with van der Waals surface area (Å²) in [5.74, 6) is 1.02. The molecule has 2 aliphatic heterocycles. The molecule has 1 N–H and O–H groups in total. The lowest BCUT2D eigenvalue weighted by atomic mass is 10.1. The Balaban J connectivity index is 1.44. The zero-order valence-electron chi connectivity index (χ0n) is 13.2. The van der Waals surface area contributed by atoms with Gasteiger partial charge in [-0.1, -0.05) is 6.07 Å². The van der Waals surface area contributed by atoms with E-state index in [4.69, 9.17) is 9.47 Å². The Bertz CT molecular complexity index is 837. The van der Waals surface area contributed by atoms with Crippen LogP contribution in [0.2, 0.25) is 0 Å². The summed E-state index contributed by atoms with van der Waals surface area (Å²) in [7, 11) is 0. The van der Waals surface area contributed by atoms with E-state index in [2.05, 4.69) is 27.9 Å². The molecule has 1 saturated heterocycles. The monoisotopic (exact) mass is 450 g/mol. The molecule has 0 saturated carbocycles. The van der Waals surface area contributed by atoms with Gasteiger partial charge in [0.15, 0.2) is 11.5 Å². The van der Waals surface area contributed by atoms with Gasteiger partial charge < -0.3 is 14.8 Å². The Hall–Kier alpha value is -2.13. The minimum atomic E-state index is -0.516. The number of imide groups is 1. The highest BCUT2D eigenvalue weighted by Crippen LogP contribution is 2.32. The normalized spacial score (nSPS) is 18.9. The second-order valence-corrected chi connectivity index (χ2v) is 7.11. The van der Waals surface area contributed by atoms with Crippen molar-refractivity contribution in [2.45, 2.75) is 19.0 Å². The van der Waals surface area contributed by atoms with Crippen molar-refractivity contribution in [3.63, 3.8) is 0 Å². The Morgan fingerprint density at radius 2 is 1.84 bits per heavy atom. The molecule has 25 heavy (non-hydrogen) atoms. The topological polar surface area (TPSA) is 67.9 Å². The maximum Gasteiger partial charge on any atom is 0.251 e. The number of amides is 2. The Kier molecular flexibility index (Phi) is 4.34. The Labute approximate surface area is 158 Å². The predicted molar refractivity (Wildman–Crippen MR) is 99.5 cm³/mol. The average Bonchev–Trinajstić information content (AvgIpc) is 3.18. The molecule has 2 heterocycles. The van der Waals surface area contributed by atoms with Crippen molar-refractivity contribution in [3.8, 4) is 11.5 Å². The summed E-state index contributed by atoms with van der Waals surface area (Å²) in [6.07, 6.45) is 0.162. The number of carbonyl (C=O) groups is 2. The summed E-state index contributed by atoms with van der Waals surface area (Å²) in [5, 5.41) is 3.17. The molecule has 4 rings (SSSR count). The summed E-state index contributed by atoms with van der Waals surface area (Å²) in [6.45, 7) is 0.702. The van der Waals surface area contributed by atoms with Crippen LogP contribution < -0.4 is 19.7 Å². The molecule has 0 spiro atoms. The van der Waals surface area contributed by atoms with Crippen LogP contribution in [0.4, 0.5) is 5.69 Å². The number of nitrogens with one attached hydrogen (secondary N) is 1. The van der Waals surface area contributed by atoms with Crippen molar-refractivity contribution in [3.05, 3.63) is 51.6 Å². The molecule has 0 bridgehead atoms. The van der Waals surface area contributed by atoms with E-state index >= 15 is 0 Å². The second kappa shape index (κ2) is 6.64. The molecule has 0 aromatic heterocycles.